The SMILES string of the molecule is O=C(COC(=O)c1cccc(NC(=O)c2cccs2)c1)Nc1cc(Cl)ccc1-n1cncn1. The molecule has 2 aromatic carbocycles. The molecule has 0 atom stereocenters. The Hall–Kier alpha value is -4.02. The highest BCUT2D eigenvalue weighted by Gasteiger charge is 2.15. The fraction of sp³-hybridized carbons (Fsp3) is 0.0455. The van der Waals surface area contributed by atoms with Crippen molar-refractivity contribution in [2.24, 2.45) is 0 Å². The van der Waals surface area contributed by atoms with E-state index in [4.69, 9.17) is 16.3 Å². The molecular formula is C22H16ClN5O4S. The van der Waals surface area contributed by atoms with E-state index in [0.717, 1.165) is 0 Å². The van der Waals surface area contributed by atoms with Gasteiger partial charge in [-0.2, -0.15) is 5.10 Å². The van der Waals surface area contributed by atoms with Crippen LogP contribution in [-0.4, -0.2) is 39.2 Å². The van der Waals surface area contributed by atoms with Crippen LogP contribution < -0.4 is 10.6 Å². The molecule has 0 saturated carbocycles. The molecule has 33 heavy (non-hydrogen) atoms. The Morgan fingerprint density at radius 1 is 1.06 bits per heavy atom. The second-order valence-electron chi connectivity index (χ2n) is 6.64. The molecule has 4 rings (SSSR count). The van der Waals surface area contributed by atoms with Crippen molar-refractivity contribution < 1.29 is 19.1 Å². The van der Waals surface area contributed by atoms with Crippen LogP contribution in [0.4, 0.5) is 11.4 Å². The number of esters is 1. The molecule has 2 aromatic heterocycles. The highest BCUT2D eigenvalue weighted by molar-refractivity contribution is 7.12. The third kappa shape index (κ3) is 5.62. The zero-order valence-electron chi connectivity index (χ0n) is 16.9. The van der Waals surface area contributed by atoms with Gasteiger partial charge in [0.2, 0.25) is 0 Å². The molecule has 0 aliphatic heterocycles. The molecule has 11 heteroatoms. The Balaban J connectivity index is 1.37. The van der Waals surface area contributed by atoms with E-state index in [1.165, 1.54) is 40.8 Å². The minimum Gasteiger partial charge on any atom is -0.452 e. The summed E-state index contributed by atoms with van der Waals surface area (Å²) in [6.45, 7) is -0.520. The summed E-state index contributed by atoms with van der Waals surface area (Å²) >= 11 is 7.35. The number of hydrogen-bond donors (Lipinski definition) is 2. The van der Waals surface area contributed by atoms with Crippen LogP contribution in [0.3, 0.4) is 0 Å². The fourth-order valence-electron chi connectivity index (χ4n) is 2.87. The maximum Gasteiger partial charge on any atom is 0.338 e. The van der Waals surface area contributed by atoms with E-state index >= 15 is 0 Å². The number of nitrogens with one attached hydrogen (secondary N) is 2. The van der Waals surface area contributed by atoms with Gasteiger partial charge < -0.3 is 15.4 Å². The van der Waals surface area contributed by atoms with Gasteiger partial charge in [0.1, 0.15) is 12.7 Å². The number of carbonyl (C=O) groups excluding carboxylic acids is 3. The van der Waals surface area contributed by atoms with Gasteiger partial charge in [0.25, 0.3) is 11.8 Å². The van der Waals surface area contributed by atoms with Crippen molar-refractivity contribution in [1.82, 2.24) is 14.8 Å². The Morgan fingerprint density at radius 2 is 1.94 bits per heavy atom. The second-order valence-corrected chi connectivity index (χ2v) is 8.02. The van der Waals surface area contributed by atoms with Gasteiger partial charge >= 0.3 is 5.97 Å². The van der Waals surface area contributed by atoms with Crippen LogP contribution in [0, 0.1) is 0 Å². The maximum atomic E-state index is 12.4. The number of hydrogen-bond acceptors (Lipinski definition) is 7. The summed E-state index contributed by atoms with van der Waals surface area (Å²) in [6, 6.07) is 14.6. The van der Waals surface area contributed by atoms with Crippen molar-refractivity contribution in [3.05, 3.63) is 88.1 Å². The average Bonchev–Trinajstić information content (AvgIpc) is 3.52. The third-order valence-corrected chi connectivity index (χ3v) is 5.44. The minimum absolute atomic E-state index is 0.192. The van der Waals surface area contributed by atoms with Gasteiger partial charge in [-0.05, 0) is 47.8 Å². The largest absolute Gasteiger partial charge is 0.452 e. The molecule has 0 aliphatic carbocycles. The van der Waals surface area contributed by atoms with E-state index in [1.807, 2.05) is 0 Å². The lowest BCUT2D eigenvalue weighted by Crippen LogP contribution is -2.22. The van der Waals surface area contributed by atoms with Gasteiger partial charge in [0.05, 0.1) is 21.8 Å². The number of halogens is 1. The van der Waals surface area contributed by atoms with Crippen LogP contribution in [0.1, 0.15) is 20.0 Å². The summed E-state index contributed by atoms with van der Waals surface area (Å²) in [4.78, 5) is 41.4. The minimum atomic E-state index is -0.708. The van der Waals surface area contributed by atoms with Crippen LogP contribution in [0.25, 0.3) is 5.69 Å². The molecule has 2 amide bonds. The van der Waals surface area contributed by atoms with E-state index < -0.39 is 18.5 Å². The van der Waals surface area contributed by atoms with Crippen LogP contribution in [0.5, 0.6) is 0 Å². The first kappa shape index (κ1) is 22.2. The van der Waals surface area contributed by atoms with Crippen molar-refractivity contribution >= 4 is 52.1 Å². The Kier molecular flexibility index (Phi) is 6.77. The summed E-state index contributed by atoms with van der Waals surface area (Å²) in [5.41, 5.74) is 1.56. The lowest BCUT2D eigenvalue weighted by Gasteiger charge is -2.12. The van der Waals surface area contributed by atoms with Crippen LogP contribution >= 0.6 is 22.9 Å². The molecule has 0 spiro atoms. The summed E-state index contributed by atoms with van der Waals surface area (Å²) < 4.78 is 6.59. The number of benzene rings is 2. The van der Waals surface area contributed by atoms with E-state index in [0.29, 0.717) is 27.0 Å². The number of anilines is 2. The quantitative estimate of drug-likeness (QED) is 0.385. The van der Waals surface area contributed by atoms with E-state index in [-0.39, 0.29) is 11.5 Å². The van der Waals surface area contributed by atoms with Gasteiger partial charge in [-0.15, -0.1) is 11.3 Å². The molecule has 2 heterocycles. The topological polar surface area (TPSA) is 115 Å². The molecule has 0 bridgehead atoms. The molecule has 2 N–H and O–H groups in total. The number of ether oxygens (including phenoxy) is 1. The van der Waals surface area contributed by atoms with Gasteiger partial charge in [-0.25, -0.2) is 14.5 Å². The normalized spacial score (nSPS) is 10.5. The molecule has 4 aromatic rings. The summed E-state index contributed by atoms with van der Waals surface area (Å²) in [5.74, 6) is -1.55. The maximum absolute atomic E-state index is 12.4. The molecule has 9 nitrogen and oxygen atoms in total. The molecule has 0 saturated heterocycles. The first-order valence-corrected chi connectivity index (χ1v) is 10.8. The standard InChI is InChI=1S/C22H16ClN5O4S/c23-15-6-7-18(28-13-24-12-25-28)17(10-15)27-20(29)11-32-22(31)14-3-1-4-16(9-14)26-21(30)19-5-2-8-33-19/h1-10,12-13H,11H2,(H,26,30)(H,27,29). The van der Waals surface area contributed by atoms with Crippen molar-refractivity contribution in [2.75, 3.05) is 17.2 Å². The number of carbonyl (C=O) groups is 3. The molecule has 0 fully saturated rings. The van der Waals surface area contributed by atoms with E-state index in [9.17, 15) is 14.4 Å². The van der Waals surface area contributed by atoms with Crippen LogP contribution in [-0.2, 0) is 9.53 Å². The number of thiophene rings is 1. The number of nitrogens with zero attached hydrogens (tertiary/aromatic N) is 3. The molecule has 0 aliphatic rings. The Morgan fingerprint density at radius 3 is 2.70 bits per heavy atom. The Bertz CT molecular complexity index is 1290. The van der Waals surface area contributed by atoms with Crippen molar-refractivity contribution in [3.63, 3.8) is 0 Å². The zero-order chi connectivity index (χ0) is 23.2. The summed E-state index contributed by atoms with van der Waals surface area (Å²) in [7, 11) is 0. The molecule has 166 valence electrons. The van der Waals surface area contributed by atoms with Crippen LogP contribution in [0.15, 0.2) is 72.6 Å². The second kappa shape index (κ2) is 10.1. The Labute approximate surface area is 197 Å². The smallest absolute Gasteiger partial charge is 0.338 e. The number of amides is 2. The summed E-state index contributed by atoms with van der Waals surface area (Å²) in [5, 5.41) is 11.6. The lowest BCUT2D eigenvalue weighted by atomic mass is 10.2. The monoisotopic (exact) mass is 481 g/mol. The highest BCUT2D eigenvalue weighted by atomic mass is 35.5. The first-order valence-electron chi connectivity index (χ1n) is 9.56. The highest BCUT2D eigenvalue weighted by Crippen LogP contribution is 2.24. The third-order valence-electron chi connectivity index (χ3n) is 4.33. The average molecular weight is 482 g/mol. The lowest BCUT2D eigenvalue weighted by molar-refractivity contribution is -0.119. The number of rotatable bonds is 7. The fourth-order valence-corrected chi connectivity index (χ4v) is 3.66. The van der Waals surface area contributed by atoms with Crippen LogP contribution in [0.2, 0.25) is 5.02 Å². The zero-order valence-corrected chi connectivity index (χ0v) is 18.5. The predicted octanol–water partition coefficient (Wildman–Crippen LogP) is 4.03. The summed E-state index contributed by atoms with van der Waals surface area (Å²) in [6.07, 6.45) is 2.84. The van der Waals surface area contributed by atoms with Gasteiger partial charge in [0, 0.05) is 10.7 Å². The first-order chi connectivity index (χ1) is 16.0. The van der Waals surface area contributed by atoms with E-state index in [2.05, 4.69) is 20.7 Å². The molecular weight excluding hydrogens is 466 g/mol. The molecule has 0 unspecified atom stereocenters. The molecule has 0 radical (unpaired) electrons. The number of aromatic nitrogens is 3. The van der Waals surface area contributed by atoms with Gasteiger partial charge in [0.15, 0.2) is 6.61 Å². The van der Waals surface area contributed by atoms with Gasteiger partial charge in [-0.3, -0.25) is 9.59 Å². The van der Waals surface area contributed by atoms with E-state index in [1.54, 1.807) is 47.8 Å². The van der Waals surface area contributed by atoms with Crippen molar-refractivity contribution in [3.8, 4) is 5.69 Å². The van der Waals surface area contributed by atoms with Crippen molar-refractivity contribution in [1.29, 1.82) is 0 Å². The van der Waals surface area contributed by atoms with Crippen molar-refractivity contribution in [2.45, 2.75) is 0 Å². The van der Waals surface area contributed by atoms with Gasteiger partial charge in [-0.1, -0.05) is 23.7 Å². The predicted molar refractivity (Wildman–Crippen MR) is 124 cm³/mol.